The number of rotatable bonds is 13. The molecule has 14 nitrogen and oxygen atoms in total. The average molecular weight is 712 g/mol. The third kappa shape index (κ3) is 10.1. The van der Waals surface area contributed by atoms with E-state index in [-0.39, 0.29) is 29.6 Å². The highest BCUT2D eigenvalue weighted by molar-refractivity contribution is 6.38. The molecule has 1 saturated heterocycles. The molecule has 0 radical (unpaired) electrons. The molecule has 1 aromatic rings. The van der Waals surface area contributed by atoms with E-state index >= 15 is 0 Å². The molecule has 0 bridgehead atoms. The first-order valence-electron chi connectivity index (χ1n) is 17.6. The Morgan fingerprint density at radius 2 is 1.53 bits per heavy atom. The summed E-state index contributed by atoms with van der Waals surface area (Å²) in [6.07, 6.45) is 0.606. The molecular formula is C37H57N7O7. The van der Waals surface area contributed by atoms with Gasteiger partial charge in [-0.25, -0.2) is 4.79 Å². The lowest BCUT2D eigenvalue weighted by Crippen LogP contribution is -2.62. The van der Waals surface area contributed by atoms with Crippen LogP contribution in [0, 0.1) is 22.7 Å². The number of nitrogens with one attached hydrogen (secondary N) is 5. The molecule has 0 aromatic heterocycles. The van der Waals surface area contributed by atoms with E-state index in [1.807, 2.05) is 55.4 Å². The van der Waals surface area contributed by atoms with Crippen LogP contribution < -0.4 is 26.6 Å². The quantitative estimate of drug-likeness (QED) is 0.194. The fraction of sp³-hybridized carbons (Fsp3) is 0.649. The van der Waals surface area contributed by atoms with E-state index in [9.17, 15) is 33.6 Å². The molecule has 3 rings (SSSR count). The number of amides is 7. The molecule has 1 aliphatic carbocycles. The lowest BCUT2D eigenvalue weighted by Gasteiger charge is -2.38. The van der Waals surface area contributed by atoms with Gasteiger partial charge in [-0.3, -0.25) is 28.8 Å². The second-order valence-electron chi connectivity index (χ2n) is 16.6. The van der Waals surface area contributed by atoms with E-state index in [0.717, 1.165) is 0 Å². The van der Waals surface area contributed by atoms with Crippen LogP contribution in [-0.4, -0.2) is 102 Å². The molecule has 2 fully saturated rings. The Hall–Kier alpha value is -4.49. The minimum atomic E-state index is -1.20. The molecule has 0 spiro atoms. The van der Waals surface area contributed by atoms with Gasteiger partial charge in [0.1, 0.15) is 18.1 Å². The average Bonchev–Trinajstić information content (AvgIpc) is 3.33. The van der Waals surface area contributed by atoms with Gasteiger partial charge < -0.3 is 36.4 Å². The van der Waals surface area contributed by atoms with E-state index in [1.54, 1.807) is 51.4 Å². The standard InChI is InChI=1S/C37H57N7O7/c1-12-16-23(28(46)31(48)38-19-24(45)40-26(32(49)43(10)11)21-17-14-13-15-18-21)39-30(47)27-25-22(37(25,8)9)20-44(27)33(50)29(35(2,3)4)41-34(51)42-36(5,6)7/h13-15,17-18,22-23,25-27,29H,12,16,19-20H2,1-11H3,(H,38,48)(H,39,47)(H,40,45)(H2,41,42,51)/t22-,23?,25?,26-,27-,29+/m0/s1. The van der Waals surface area contributed by atoms with Crippen LogP contribution in [0.2, 0.25) is 0 Å². The van der Waals surface area contributed by atoms with Crippen molar-refractivity contribution in [2.45, 2.75) is 105 Å². The molecule has 1 aliphatic heterocycles. The van der Waals surface area contributed by atoms with Crippen molar-refractivity contribution < 1.29 is 33.6 Å². The minimum Gasteiger partial charge on any atom is -0.347 e. The highest BCUT2D eigenvalue weighted by atomic mass is 16.2. The lowest BCUT2D eigenvalue weighted by molar-refractivity contribution is -0.145. The van der Waals surface area contributed by atoms with Gasteiger partial charge in [0, 0.05) is 26.2 Å². The predicted molar refractivity (Wildman–Crippen MR) is 192 cm³/mol. The van der Waals surface area contributed by atoms with Crippen molar-refractivity contribution in [2.24, 2.45) is 22.7 Å². The number of Topliss-reactive ketones (excluding diaryl/α,β-unsaturated/α-hetero) is 1. The summed E-state index contributed by atoms with van der Waals surface area (Å²) in [5.74, 6) is -4.15. The maximum absolute atomic E-state index is 14.1. The molecule has 51 heavy (non-hydrogen) atoms. The molecule has 1 aromatic carbocycles. The van der Waals surface area contributed by atoms with Crippen molar-refractivity contribution in [3.8, 4) is 0 Å². The zero-order chi connectivity index (χ0) is 38.6. The summed E-state index contributed by atoms with van der Waals surface area (Å²) < 4.78 is 0. The van der Waals surface area contributed by atoms with Crippen LogP contribution in [-0.2, 0) is 28.8 Å². The minimum absolute atomic E-state index is 0.0439. The number of carbonyl (C=O) groups excluding carboxylic acids is 7. The zero-order valence-corrected chi connectivity index (χ0v) is 31.9. The first-order valence-corrected chi connectivity index (χ1v) is 17.6. The van der Waals surface area contributed by atoms with Gasteiger partial charge in [-0.1, -0.05) is 78.3 Å². The predicted octanol–water partition coefficient (Wildman–Crippen LogP) is 1.90. The second kappa shape index (κ2) is 15.8. The van der Waals surface area contributed by atoms with Crippen molar-refractivity contribution >= 4 is 41.4 Å². The number of fused-ring (bicyclic) bond motifs is 1. The van der Waals surface area contributed by atoms with Crippen molar-refractivity contribution in [2.75, 3.05) is 27.2 Å². The smallest absolute Gasteiger partial charge is 0.315 e. The van der Waals surface area contributed by atoms with Gasteiger partial charge in [-0.2, -0.15) is 0 Å². The Labute approximate surface area is 301 Å². The second-order valence-corrected chi connectivity index (χ2v) is 16.6. The summed E-state index contributed by atoms with van der Waals surface area (Å²) in [5.41, 5.74) is -0.907. The number of urea groups is 1. The SMILES string of the molecule is CCCC(NC(=O)[C@@H]1C2[C@H](CN1C(=O)[C@@H](NC(=O)NC(C)(C)C)C(C)(C)C)C2(C)C)C(=O)C(=O)NCC(=O)N[C@H](C(=O)N(C)C)c1ccccc1. The van der Waals surface area contributed by atoms with Crippen LogP contribution in [0.5, 0.6) is 0 Å². The highest BCUT2D eigenvalue weighted by Gasteiger charge is 2.70. The number of ketones is 1. The van der Waals surface area contributed by atoms with Crippen molar-refractivity contribution in [3.63, 3.8) is 0 Å². The molecular weight excluding hydrogens is 654 g/mol. The van der Waals surface area contributed by atoms with Gasteiger partial charge in [0.2, 0.25) is 29.4 Å². The van der Waals surface area contributed by atoms with Gasteiger partial charge in [-0.15, -0.1) is 0 Å². The summed E-state index contributed by atoms with van der Waals surface area (Å²) in [7, 11) is 3.12. The number of carbonyl (C=O) groups is 7. The number of hydrogen-bond acceptors (Lipinski definition) is 7. The molecule has 7 amide bonds. The maximum atomic E-state index is 14.1. The van der Waals surface area contributed by atoms with Crippen LogP contribution in [0.1, 0.15) is 86.8 Å². The monoisotopic (exact) mass is 711 g/mol. The molecule has 6 atom stereocenters. The lowest BCUT2D eigenvalue weighted by atomic mass is 9.85. The summed E-state index contributed by atoms with van der Waals surface area (Å²) in [6, 6.07) is 4.06. The number of piperidine rings is 1. The molecule has 5 N–H and O–H groups in total. The Kier molecular flexibility index (Phi) is 12.7. The van der Waals surface area contributed by atoms with E-state index in [0.29, 0.717) is 18.5 Å². The van der Waals surface area contributed by atoms with Gasteiger partial charge in [0.15, 0.2) is 0 Å². The van der Waals surface area contributed by atoms with Gasteiger partial charge in [-0.05, 0) is 55.4 Å². The maximum Gasteiger partial charge on any atom is 0.315 e. The van der Waals surface area contributed by atoms with Crippen LogP contribution in [0.15, 0.2) is 30.3 Å². The van der Waals surface area contributed by atoms with Crippen LogP contribution in [0.3, 0.4) is 0 Å². The zero-order valence-electron chi connectivity index (χ0n) is 31.9. The normalized spacial score (nSPS) is 20.8. The van der Waals surface area contributed by atoms with E-state index in [4.69, 9.17) is 0 Å². The van der Waals surface area contributed by atoms with Crippen molar-refractivity contribution in [3.05, 3.63) is 35.9 Å². The first-order chi connectivity index (χ1) is 23.5. The van der Waals surface area contributed by atoms with Crippen LogP contribution in [0.25, 0.3) is 0 Å². The molecule has 1 saturated carbocycles. The van der Waals surface area contributed by atoms with E-state index in [1.165, 1.54) is 9.80 Å². The number of nitrogens with zero attached hydrogens (tertiary/aromatic N) is 2. The molecule has 2 aliphatic rings. The summed E-state index contributed by atoms with van der Waals surface area (Å²) >= 11 is 0. The number of benzene rings is 1. The summed E-state index contributed by atoms with van der Waals surface area (Å²) in [5, 5.41) is 13.3. The van der Waals surface area contributed by atoms with Crippen LogP contribution >= 0.6 is 0 Å². The number of likely N-dealkylation sites (tertiary alicyclic amines) is 1. The van der Waals surface area contributed by atoms with Gasteiger partial charge in [0.25, 0.3) is 5.91 Å². The molecule has 14 heteroatoms. The number of hydrogen-bond donors (Lipinski definition) is 5. The Balaban J connectivity index is 1.73. The molecule has 282 valence electrons. The Bertz CT molecular complexity index is 1500. The van der Waals surface area contributed by atoms with Crippen molar-refractivity contribution in [1.29, 1.82) is 0 Å². The van der Waals surface area contributed by atoms with E-state index < -0.39 is 77.1 Å². The fourth-order valence-corrected chi connectivity index (χ4v) is 6.76. The summed E-state index contributed by atoms with van der Waals surface area (Å²) in [4.78, 5) is 95.9. The third-order valence-electron chi connectivity index (χ3n) is 9.61. The third-order valence-corrected chi connectivity index (χ3v) is 9.61. The first kappa shape index (κ1) is 40.9. The van der Waals surface area contributed by atoms with Gasteiger partial charge in [0.05, 0.1) is 12.6 Å². The van der Waals surface area contributed by atoms with Gasteiger partial charge >= 0.3 is 6.03 Å². The van der Waals surface area contributed by atoms with Crippen LogP contribution in [0.4, 0.5) is 4.79 Å². The number of likely N-dealkylation sites (N-methyl/N-ethyl adjacent to an activating group) is 1. The topological polar surface area (TPSA) is 186 Å². The van der Waals surface area contributed by atoms with E-state index in [2.05, 4.69) is 26.6 Å². The Morgan fingerprint density at radius 1 is 0.922 bits per heavy atom. The molecule has 1 heterocycles. The fourth-order valence-electron chi connectivity index (χ4n) is 6.76. The van der Waals surface area contributed by atoms with Crippen molar-refractivity contribution in [1.82, 2.24) is 36.4 Å². The summed E-state index contributed by atoms with van der Waals surface area (Å²) in [6.45, 7) is 16.6. The highest BCUT2D eigenvalue weighted by Crippen LogP contribution is 2.65. The Morgan fingerprint density at radius 3 is 2.06 bits per heavy atom. The largest absolute Gasteiger partial charge is 0.347 e. The molecule has 2 unspecified atom stereocenters.